The number of alkyl halides is 3. The normalized spacial score (nSPS) is 20.1. The molecule has 0 bridgehead atoms. The number of rotatable bonds is 4. The Morgan fingerprint density at radius 2 is 1.93 bits per heavy atom. The monoisotopic (exact) mass is 488 g/mol. The Morgan fingerprint density at radius 1 is 1.25 bits per heavy atom. The smallest absolute Gasteiger partial charge is 0.368 e. The minimum absolute atomic E-state index is 0.0632. The summed E-state index contributed by atoms with van der Waals surface area (Å²) in [4.78, 5) is 2.22. The van der Waals surface area contributed by atoms with Crippen LogP contribution in [0.2, 0.25) is 0 Å². The van der Waals surface area contributed by atoms with Gasteiger partial charge in [-0.15, -0.1) is 0 Å². The summed E-state index contributed by atoms with van der Waals surface area (Å²) in [6, 6.07) is 1.42. The Morgan fingerprint density at radius 3 is 2.54 bits per heavy atom. The van der Waals surface area contributed by atoms with Gasteiger partial charge in [0.1, 0.15) is 16.5 Å². The van der Waals surface area contributed by atoms with E-state index >= 15 is 0 Å². The molecule has 1 atom stereocenters. The Balaban J connectivity index is 1.95. The first kappa shape index (κ1) is 21.1. The van der Waals surface area contributed by atoms with E-state index in [4.69, 9.17) is 4.74 Å². The van der Waals surface area contributed by atoms with Crippen LogP contribution in [0, 0.1) is 11.6 Å². The molecule has 1 aliphatic rings. The lowest BCUT2D eigenvalue weighted by molar-refractivity contribution is -0.273. The van der Waals surface area contributed by atoms with Crippen molar-refractivity contribution in [2.75, 3.05) is 11.8 Å². The fourth-order valence-electron chi connectivity index (χ4n) is 3.18. The van der Waals surface area contributed by atoms with Gasteiger partial charge in [-0.1, -0.05) is 0 Å². The van der Waals surface area contributed by atoms with Gasteiger partial charge in [0.25, 0.3) is 10.0 Å². The number of hydrogen-bond donors (Lipinski definition) is 2. The summed E-state index contributed by atoms with van der Waals surface area (Å²) < 4.78 is 99.4. The molecule has 1 aliphatic carbocycles. The van der Waals surface area contributed by atoms with Crippen molar-refractivity contribution in [3.8, 4) is 0 Å². The molecule has 0 aliphatic heterocycles. The van der Waals surface area contributed by atoms with Crippen molar-refractivity contribution in [3.63, 3.8) is 0 Å². The number of fused-ring (bicyclic) bond motifs is 1. The third-order valence-electron chi connectivity index (χ3n) is 4.73. The second-order valence-electron chi connectivity index (χ2n) is 6.33. The largest absolute Gasteiger partial charge is 0.417 e. The summed E-state index contributed by atoms with van der Waals surface area (Å²) in [6.45, 7) is 0. The first-order valence-electron chi connectivity index (χ1n) is 7.88. The molecular weight excluding hydrogens is 475 g/mol. The van der Waals surface area contributed by atoms with E-state index in [0.29, 0.717) is 6.07 Å². The molecule has 1 aromatic carbocycles. The van der Waals surface area contributed by atoms with Crippen molar-refractivity contribution in [1.29, 1.82) is 0 Å². The van der Waals surface area contributed by atoms with Crippen LogP contribution < -0.4 is 4.72 Å². The molecule has 1 heterocycles. The molecule has 2 N–H and O–H groups in total. The molecule has 0 saturated carbocycles. The molecule has 154 valence electrons. The number of methoxy groups -OCH3 is 1. The summed E-state index contributed by atoms with van der Waals surface area (Å²) in [5.41, 5.74) is -2.82. The van der Waals surface area contributed by atoms with Gasteiger partial charge in [-0.05, 0) is 40.4 Å². The van der Waals surface area contributed by atoms with Gasteiger partial charge < -0.3 is 9.72 Å². The Hall–Kier alpha value is -1.66. The fourth-order valence-corrected chi connectivity index (χ4v) is 4.82. The van der Waals surface area contributed by atoms with Gasteiger partial charge in [-0.3, -0.25) is 4.72 Å². The molecule has 0 spiro atoms. The number of H-pyrrole nitrogens is 1. The second-order valence-corrected chi connectivity index (χ2v) is 8.84. The lowest BCUT2D eigenvalue weighted by Gasteiger charge is -2.37. The minimum atomic E-state index is -4.64. The highest BCUT2D eigenvalue weighted by molar-refractivity contribution is 9.10. The zero-order chi connectivity index (χ0) is 20.9. The number of hydrogen-bond acceptors (Lipinski definition) is 3. The van der Waals surface area contributed by atoms with Crippen molar-refractivity contribution >= 4 is 31.6 Å². The third-order valence-corrected chi connectivity index (χ3v) is 6.77. The molecule has 0 unspecified atom stereocenters. The van der Waals surface area contributed by atoms with Crippen molar-refractivity contribution in [2.24, 2.45) is 0 Å². The highest BCUT2D eigenvalue weighted by Gasteiger charge is 2.57. The van der Waals surface area contributed by atoms with E-state index in [0.717, 1.165) is 19.4 Å². The van der Waals surface area contributed by atoms with Crippen LogP contribution in [0.4, 0.5) is 27.6 Å². The van der Waals surface area contributed by atoms with Crippen LogP contribution in [0.1, 0.15) is 17.7 Å². The van der Waals surface area contributed by atoms with E-state index in [1.807, 2.05) is 4.72 Å². The Bertz CT molecular complexity index is 1020. The Labute approximate surface area is 165 Å². The number of sulfonamides is 1. The predicted molar refractivity (Wildman–Crippen MR) is 93.5 cm³/mol. The van der Waals surface area contributed by atoms with E-state index in [-0.39, 0.29) is 27.0 Å². The summed E-state index contributed by atoms with van der Waals surface area (Å²) in [5, 5.41) is 0. The first-order chi connectivity index (χ1) is 12.9. The number of nitrogens with one attached hydrogen (secondary N) is 2. The Kier molecular flexibility index (Phi) is 5.26. The molecule has 3 rings (SSSR count). The van der Waals surface area contributed by atoms with Crippen LogP contribution in [0.5, 0.6) is 0 Å². The lowest BCUT2D eigenvalue weighted by Crippen LogP contribution is -2.51. The molecule has 0 radical (unpaired) electrons. The van der Waals surface area contributed by atoms with Crippen LogP contribution in [-0.4, -0.2) is 32.3 Å². The van der Waals surface area contributed by atoms with Gasteiger partial charge in [-0.2, -0.15) is 13.2 Å². The molecule has 2 aromatic rings. The zero-order valence-electron chi connectivity index (χ0n) is 14.3. The summed E-state index contributed by atoms with van der Waals surface area (Å²) in [5.74, 6) is -1.90. The fraction of sp³-hybridized carbons (Fsp3) is 0.375. The van der Waals surface area contributed by atoms with Crippen LogP contribution in [-0.2, 0) is 27.6 Å². The average Bonchev–Trinajstić information content (AvgIpc) is 3.02. The predicted octanol–water partition coefficient (Wildman–Crippen LogP) is 4.29. The molecule has 1 aromatic heterocycles. The first-order valence-corrected chi connectivity index (χ1v) is 10.2. The highest BCUT2D eigenvalue weighted by Crippen LogP contribution is 2.44. The molecule has 28 heavy (non-hydrogen) atoms. The minimum Gasteiger partial charge on any atom is -0.368 e. The van der Waals surface area contributed by atoms with Gasteiger partial charge in [0, 0.05) is 31.5 Å². The number of benzene rings is 1. The van der Waals surface area contributed by atoms with Crippen LogP contribution in [0.15, 0.2) is 27.7 Å². The van der Waals surface area contributed by atoms with Crippen molar-refractivity contribution in [1.82, 2.24) is 4.98 Å². The van der Waals surface area contributed by atoms with Gasteiger partial charge in [0.05, 0.1) is 10.2 Å². The lowest BCUT2D eigenvalue weighted by atomic mass is 9.83. The number of aromatic amines is 1. The molecule has 0 fully saturated rings. The van der Waals surface area contributed by atoms with Gasteiger partial charge in [-0.25, -0.2) is 17.2 Å². The molecule has 0 saturated heterocycles. The van der Waals surface area contributed by atoms with Crippen molar-refractivity contribution in [2.45, 2.75) is 35.9 Å². The van der Waals surface area contributed by atoms with Crippen molar-refractivity contribution in [3.05, 3.63) is 45.7 Å². The summed E-state index contributed by atoms with van der Waals surface area (Å²) in [7, 11) is -3.42. The summed E-state index contributed by atoms with van der Waals surface area (Å²) >= 11 is 2.78. The maximum atomic E-state index is 13.9. The van der Waals surface area contributed by atoms with Crippen molar-refractivity contribution < 1.29 is 35.1 Å². The summed E-state index contributed by atoms with van der Waals surface area (Å²) in [6.07, 6.45) is -4.89. The van der Waals surface area contributed by atoms with E-state index in [1.54, 1.807) is 0 Å². The van der Waals surface area contributed by atoms with Gasteiger partial charge in [0.15, 0.2) is 5.60 Å². The topological polar surface area (TPSA) is 71.2 Å². The highest BCUT2D eigenvalue weighted by atomic mass is 79.9. The number of anilines is 1. The standard InChI is InChI=1S/C16H14BrF5N2O3S/c1-27-15(16(20,21)22)3-2-8-13(6-15)23-7-14(8)28(25,26)24-12-5-10(18)9(17)4-11(12)19/h4-5,7,23-24H,2-3,6H2,1H3/t15-/m0/s1. The zero-order valence-corrected chi connectivity index (χ0v) is 16.7. The maximum Gasteiger partial charge on any atom is 0.417 e. The van der Waals surface area contributed by atoms with E-state index in [1.165, 1.54) is 0 Å². The maximum absolute atomic E-state index is 13.9. The van der Waals surface area contributed by atoms with Crippen LogP contribution in [0.3, 0.4) is 0 Å². The third kappa shape index (κ3) is 3.52. The number of aromatic nitrogens is 1. The number of ether oxygens (including phenoxy) is 1. The quantitative estimate of drug-likeness (QED) is 0.498. The molecule has 5 nitrogen and oxygen atoms in total. The molecular formula is C16H14BrF5N2O3S. The average molecular weight is 489 g/mol. The molecule has 12 heteroatoms. The van der Waals surface area contributed by atoms with Crippen LogP contribution >= 0.6 is 15.9 Å². The van der Waals surface area contributed by atoms with E-state index in [9.17, 15) is 30.4 Å². The van der Waals surface area contributed by atoms with E-state index in [2.05, 4.69) is 20.9 Å². The van der Waals surface area contributed by atoms with E-state index < -0.39 is 52.0 Å². The SMILES string of the molecule is CO[C@@]1(C(F)(F)F)CCc2c(S(=O)(=O)Nc3cc(F)c(Br)cc3F)c[nH]c2C1. The second kappa shape index (κ2) is 6.99. The van der Waals surface area contributed by atoms with Gasteiger partial charge >= 0.3 is 6.18 Å². The molecule has 0 amide bonds. The number of halogens is 6. The van der Waals surface area contributed by atoms with Gasteiger partial charge in [0.2, 0.25) is 0 Å². The van der Waals surface area contributed by atoms with Crippen LogP contribution in [0.25, 0.3) is 0 Å².